The summed E-state index contributed by atoms with van der Waals surface area (Å²) in [5.74, 6) is 0.232. The van der Waals surface area contributed by atoms with Gasteiger partial charge in [0.05, 0.1) is 31.1 Å². The van der Waals surface area contributed by atoms with Crippen molar-refractivity contribution < 1.29 is 27.8 Å². The minimum absolute atomic E-state index is 0.141. The van der Waals surface area contributed by atoms with Crippen molar-refractivity contribution in [3.05, 3.63) is 0 Å². The van der Waals surface area contributed by atoms with Crippen LogP contribution in [0.5, 0.6) is 6.01 Å². The van der Waals surface area contributed by atoms with Crippen molar-refractivity contribution in [1.29, 1.82) is 0 Å². The SMILES string of the molecule is Bc1nc2c(N)nc(OCCOC)nc2n1CCOCP(=O)(OC(C)C)OC(C)C. The van der Waals surface area contributed by atoms with Gasteiger partial charge in [-0.1, -0.05) is 0 Å². The van der Waals surface area contributed by atoms with Gasteiger partial charge in [-0.05, 0) is 27.7 Å². The average Bonchev–Trinajstić information content (AvgIpc) is 2.94. The van der Waals surface area contributed by atoms with Gasteiger partial charge in [0.1, 0.15) is 18.5 Å². The summed E-state index contributed by atoms with van der Waals surface area (Å²) in [6.07, 6.45) is -0.624. The highest BCUT2D eigenvalue weighted by Gasteiger charge is 2.28. The van der Waals surface area contributed by atoms with Crippen LogP contribution in [0.3, 0.4) is 0 Å². The zero-order chi connectivity index (χ0) is 22.3. The molecule has 0 saturated carbocycles. The number of methoxy groups -OCH3 is 1. The second-order valence-corrected chi connectivity index (χ2v) is 9.07. The van der Waals surface area contributed by atoms with Crippen LogP contribution in [0.1, 0.15) is 27.7 Å². The topological polar surface area (TPSA) is 133 Å². The van der Waals surface area contributed by atoms with Gasteiger partial charge in [-0.3, -0.25) is 4.57 Å². The first-order valence-electron chi connectivity index (χ1n) is 9.81. The van der Waals surface area contributed by atoms with E-state index in [9.17, 15) is 4.57 Å². The average molecular weight is 443 g/mol. The Balaban J connectivity index is 2.07. The summed E-state index contributed by atoms with van der Waals surface area (Å²) >= 11 is 0. The predicted molar refractivity (Wildman–Crippen MR) is 116 cm³/mol. The molecule has 0 saturated heterocycles. The lowest BCUT2D eigenvalue weighted by Gasteiger charge is -2.22. The van der Waals surface area contributed by atoms with Crippen LogP contribution in [0, 0.1) is 0 Å². The van der Waals surface area contributed by atoms with Gasteiger partial charge in [0.25, 0.3) is 0 Å². The third-order valence-corrected chi connectivity index (χ3v) is 5.75. The fourth-order valence-corrected chi connectivity index (χ4v) is 4.53. The Bertz CT molecular complexity index is 864. The molecule has 0 spiro atoms. The van der Waals surface area contributed by atoms with Crippen LogP contribution in [0.25, 0.3) is 11.2 Å². The van der Waals surface area contributed by atoms with E-state index in [-0.39, 0.29) is 37.0 Å². The first-order valence-corrected chi connectivity index (χ1v) is 11.5. The molecule has 0 aliphatic heterocycles. The van der Waals surface area contributed by atoms with Crippen molar-refractivity contribution in [3.8, 4) is 6.01 Å². The highest BCUT2D eigenvalue weighted by atomic mass is 31.2. The van der Waals surface area contributed by atoms with Gasteiger partial charge in [0, 0.05) is 13.7 Å². The number of ether oxygens (including phenoxy) is 3. The summed E-state index contributed by atoms with van der Waals surface area (Å²) in [5.41, 5.74) is 7.73. The van der Waals surface area contributed by atoms with Gasteiger partial charge in [-0.25, -0.2) is 4.98 Å². The predicted octanol–water partition coefficient (Wildman–Crippen LogP) is 0.709. The first-order chi connectivity index (χ1) is 14.1. The molecule has 0 atom stereocenters. The van der Waals surface area contributed by atoms with Crippen LogP contribution >= 0.6 is 7.60 Å². The lowest BCUT2D eigenvalue weighted by molar-refractivity contribution is 0.0963. The molecule has 0 radical (unpaired) electrons. The molecule has 0 fully saturated rings. The molecule has 0 amide bonds. The molecule has 2 rings (SSSR count). The van der Waals surface area contributed by atoms with Gasteiger partial charge < -0.3 is 33.6 Å². The molecule has 30 heavy (non-hydrogen) atoms. The minimum atomic E-state index is -3.35. The van der Waals surface area contributed by atoms with Gasteiger partial charge in [0.15, 0.2) is 19.3 Å². The summed E-state index contributed by atoms with van der Waals surface area (Å²) < 4.78 is 41.7. The van der Waals surface area contributed by atoms with Crippen LogP contribution < -0.4 is 16.2 Å². The zero-order valence-electron chi connectivity index (χ0n) is 18.5. The van der Waals surface area contributed by atoms with E-state index in [1.807, 2.05) is 12.4 Å². The van der Waals surface area contributed by atoms with E-state index in [1.54, 1.807) is 34.8 Å². The van der Waals surface area contributed by atoms with Crippen molar-refractivity contribution in [1.82, 2.24) is 19.5 Å². The lowest BCUT2D eigenvalue weighted by Crippen LogP contribution is -2.22. The Morgan fingerprint density at radius 2 is 1.73 bits per heavy atom. The molecule has 0 aromatic carbocycles. The molecule has 2 N–H and O–H groups in total. The Hall–Kier alpha value is -1.72. The normalized spacial score (nSPS) is 12.4. The third kappa shape index (κ3) is 6.92. The van der Waals surface area contributed by atoms with Crippen LogP contribution in [0.2, 0.25) is 0 Å². The van der Waals surface area contributed by atoms with Gasteiger partial charge in [-0.2, -0.15) is 9.97 Å². The van der Waals surface area contributed by atoms with Gasteiger partial charge in [0.2, 0.25) is 0 Å². The summed E-state index contributed by atoms with van der Waals surface area (Å²) in [5, 5.41) is 0. The number of nitrogens with zero attached hydrogens (tertiary/aromatic N) is 4. The Labute approximate surface area is 177 Å². The highest BCUT2D eigenvalue weighted by Crippen LogP contribution is 2.50. The maximum absolute atomic E-state index is 12.8. The first kappa shape index (κ1) is 24.6. The molecule has 0 unspecified atom stereocenters. The summed E-state index contributed by atoms with van der Waals surface area (Å²) in [6.45, 7) is 8.58. The highest BCUT2D eigenvalue weighted by molar-refractivity contribution is 7.53. The molecule has 0 bridgehead atoms. The van der Waals surface area contributed by atoms with Crippen molar-refractivity contribution >= 4 is 38.1 Å². The largest absolute Gasteiger partial charge is 0.461 e. The summed E-state index contributed by atoms with van der Waals surface area (Å²) in [4.78, 5) is 13.0. The number of nitrogen functional groups attached to an aromatic ring is 1. The van der Waals surface area contributed by atoms with E-state index >= 15 is 0 Å². The van der Waals surface area contributed by atoms with E-state index in [1.165, 1.54) is 0 Å². The maximum atomic E-state index is 12.8. The number of nitrogens with two attached hydrogens (primary N) is 1. The molecule has 2 heterocycles. The maximum Gasteiger partial charge on any atom is 0.356 e. The molecular formula is C17H31BN5O6P. The van der Waals surface area contributed by atoms with Crippen LogP contribution in [0.15, 0.2) is 0 Å². The molecule has 11 nitrogen and oxygen atoms in total. The number of aromatic nitrogens is 4. The van der Waals surface area contributed by atoms with Crippen LogP contribution in [0.4, 0.5) is 5.82 Å². The van der Waals surface area contributed by atoms with Gasteiger partial charge in [-0.15, -0.1) is 0 Å². The molecule has 168 valence electrons. The summed E-state index contributed by atoms with van der Waals surface area (Å²) in [6, 6.07) is 0.152. The number of fused-ring (bicyclic) bond motifs is 1. The van der Waals surface area contributed by atoms with E-state index in [0.29, 0.717) is 36.6 Å². The van der Waals surface area contributed by atoms with Crippen LogP contribution in [-0.2, 0) is 29.6 Å². The van der Waals surface area contributed by atoms with E-state index < -0.39 is 7.60 Å². The standard InChI is InChI=1S/C17H31BN5O6P/c1-11(2)28-30(24,29-12(3)4)10-26-7-6-23-15-13(20-16(23)18)14(19)21-17(22-15)27-9-8-25-5/h11-12H,6-10,18H2,1-5H3,(H2,19,21,22). The quantitative estimate of drug-likeness (QED) is 0.268. The molecule has 0 aliphatic carbocycles. The van der Waals surface area contributed by atoms with Crippen LogP contribution in [-0.4, -0.2) is 72.9 Å². The van der Waals surface area contributed by atoms with E-state index in [0.717, 1.165) is 0 Å². The second kappa shape index (κ2) is 11.1. The van der Waals surface area contributed by atoms with Crippen molar-refractivity contribution in [3.63, 3.8) is 0 Å². The molecular weight excluding hydrogens is 412 g/mol. The van der Waals surface area contributed by atoms with Gasteiger partial charge >= 0.3 is 13.6 Å². The van der Waals surface area contributed by atoms with Crippen molar-refractivity contribution in [2.45, 2.75) is 46.4 Å². The minimum Gasteiger partial charge on any atom is -0.461 e. The Kier molecular flexibility index (Phi) is 9.05. The number of anilines is 1. The molecule has 0 aliphatic rings. The van der Waals surface area contributed by atoms with E-state index in [2.05, 4.69) is 15.0 Å². The Morgan fingerprint density at radius 1 is 1.07 bits per heavy atom. The summed E-state index contributed by atoms with van der Waals surface area (Å²) in [7, 11) is 0.0613. The fourth-order valence-electron chi connectivity index (χ4n) is 2.72. The molecule has 13 heteroatoms. The fraction of sp³-hybridized carbons (Fsp3) is 0.706. The number of hydrogen-bond acceptors (Lipinski definition) is 10. The van der Waals surface area contributed by atoms with Crippen molar-refractivity contribution in [2.75, 3.05) is 39.0 Å². The lowest BCUT2D eigenvalue weighted by atomic mass is 10.1. The van der Waals surface area contributed by atoms with E-state index in [4.69, 9.17) is 29.0 Å². The monoisotopic (exact) mass is 443 g/mol. The third-order valence-electron chi connectivity index (χ3n) is 3.76. The molecule has 2 aromatic rings. The molecule has 2 aromatic heterocycles. The smallest absolute Gasteiger partial charge is 0.356 e. The number of imidazole rings is 1. The Morgan fingerprint density at radius 3 is 2.33 bits per heavy atom. The van der Waals surface area contributed by atoms with Crippen molar-refractivity contribution in [2.24, 2.45) is 0 Å². The number of hydrogen-bond donors (Lipinski definition) is 1. The number of rotatable bonds is 13. The zero-order valence-corrected chi connectivity index (χ0v) is 19.3. The second-order valence-electron chi connectivity index (χ2n) is 7.17.